The summed E-state index contributed by atoms with van der Waals surface area (Å²) in [5.74, 6) is -0.186. The van der Waals surface area contributed by atoms with E-state index in [1.54, 1.807) is 12.3 Å². The first-order valence-corrected chi connectivity index (χ1v) is 5.65. The van der Waals surface area contributed by atoms with Crippen molar-refractivity contribution < 1.29 is 13.9 Å². The van der Waals surface area contributed by atoms with Crippen LogP contribution in [0.4, 0.5) is 10.2 Å². The number of rotatable bonds is 2. The third-order valence-corrected chi connectivity index (χ3v) is 3.07. The SMILES string of the molecule is COC(=O)C1CCN(c2ncccc2F)CC1. The molecular formula is C12H15FN2O2. The highest BCUT2D eigenvalue weighted by Crippen LogP contribution is 2.24. The van der Waals surface area contributed by atoms with Gasteiger partial charge in [0.05, 0.1) is 13.0 Å². The van der Waals surface area contributed by atoms with Crippen molar-refractivity contribution in [2.75, 3.05) is 25.1 Å². The summed E-state index contributed by atoms with van der Waals surface area (Å²) in [6, 6.07) is 2.97. The topological polar surface area (TPSA) is 42.4 Å². The van der Waals surface area contributed by atoms with Crippen LogP contribution < -0.4 is 4.90 Å². The summed E-state index contributed by atoms with van der Waals surface area (Å²) in [6.45, 7) is 1.27. The van der Waals surface area contributed by atoms with Crippen molar-refractivity contribution in [3.05, 3.63) is 24.1 Å². The Bertz CT molecular complexity index is 403. The van der Waals surface area contributed by atoms with Crippen LogP contribution >= 0.6 is 0 Å². The molecule has 1 aromatic heterocycles. The molecule has 1 saturated heterocycles. The Kier molecular flexibility index (Phi) is 3.56. The molecule has 0 N–H and O–H groups in total. The number of aromatic nitrogens is 1. The van der Waals surface area contributed by atoms with Gasteiger partial charge in [0.2, 0.25) is 0 Å². The summed E-state index contributed by atoms with van der Waals surface area (Å²) in [5, 5.41) is 0. The van der Waals surface area contributed by atoms with E-state index < -0.39 is 0 Å². The standard InChI is InChI=1S/C12H15FN2O2/c1-17-12(16)9-4-7-15(8-5-9)11-10(13)3-2-6-14-11/h2-3,6,9H,4-5,7-8H2,1H3. The molecule has 1 aromatic rings. The first-order valence-electron chi connectivity index (χ1n) is 5.65. The Labute approximate surface area is 99.4 Å². The molecule has 1 aliphatic rings. The largest absolute Gasteiger partial charge is 0.469 e. The highest BCUT2D eigenvalue weighted by Gasteiger charge is 2.27. The van der Waals surface area contributed by atoms with Gasteiger partial charge >= 0.3 is 5.97 Å². The quantitative estimate of drug-likeness (QED) is 0.734. The van der Waals surface area contributed by atoms with E-state index in [4.69, 9.17) is 4.74 Å². The minimum Gasteiger partial charge on any atom is -0.469 e. The second-order valence-electron chi connectivity index (χ2n) is 4.09. The van der Waals surface area contributed by atoms with Crippen LogP contribution in [0.5, 0.6) is 0 Å². The van der Waals surface area contributed by atoms with Gasteiger partial charge in [-0.2, -0.15) is 0 Å². The minimum absolute atomic E-state index is 0.0666. The normalized spacial score (nSPS) is 16.9. The lowest BCUT2D eigenvalue weighted by molar-refractivity contribution is -0.146. The molecular weight excluding hydrogens is 223 g/mol. The van der Waals surface area contributed by atoms with Gasteiger partial charge in [-0.1, -0.05) is 0 Å². The summed E-state index contributed by atoms with van der Waals surface area (Å²) >= 11 is 0. The molecule has 0 unspecified atom stereocenters. The molecule has 0 amide bonds. The predicted molar refractivity (Wildman–Crippen MR) is 61.1 cm³/mol. The van der Waals surface area contributed by atoms with E-state index in [-0.39, 0.29) is 17.7 Å². The first kappa shape index (κ1) is 11.8. The van der Waals surface area contributed by atoms with Gasteiger partial charge in [-0.3, -0.25) is 4.79 Å². The Balaban J connectivity index is 2.00. The number of nitrogens with zero attached hydrogens (tertiary/aromatic N) is 2. The molecule has 0 atom stereocenters. The van der Waals surface area contributed by atoms with Gasteiger partial charge in [0.15, 0.2) is 11.6 Å². The van der Waals surface area contributed by atoms with Crippen LogP contribution in [0.15, 0.2) is 18.3 Å². The van der Waals surface area contributed by atoms with Crippen LogP contribution in [0, 0.1) is 11.7 Å². The Hall–Kier alpha value is -1.65. The number of carbonyl (C=O) groups is 1. The van der Waals surface area contributed by atoms with E-state index in [0.29, 0.717) is 31.7 Å². The number of piperidine rings is 1. The fourth-order valence-electron chi connectivity index (χ4n) is 2.10. The van der Waals surface area contributed by atoms with Crippen molar-refractivity contribution >= 4 is 11.8 Å². The lowest BCUT2D eigenvalue weighted by Gasteiger charge is -2.31. The number of pyridine rings is 1. The third-order valence-electron chi connectivity index (χ3n) is 3.07. The lowest BCUT2D eigenvalue weighted by atomic mass is 9.97. The second kappa shape index (κ2) is 5.12. The third kappa shape index (κ3) is 2.54. The fourth-order valence-corrected chi connectivity index (χ4v) is 2.10. The zero-order chi connectivity index (χ0) is 12.3. The van der Waals surface area contributed by atoms with Crippen LogP contribution in [0.2, 0.25) is 0 Å². The highest BCUT2D eigenvalue weighted by atomic mass is 19.1. The van der Waals surface area contributed by atoms with Crippen LogP contribution in [0.25, 0.3) is 0 Å². The van der Waals surface area contributed by atoms with Crippen LogP contribution in [0.3, 0.4) is 0 Å². The molecule has 1 aliphatic heterocycles. The average molecular weight is 238 g/mol. The number of esters is 1. The molecule has 0 saturated carbocycles. The van der Waals surface area contributed by atoms with Crippen molar-refractivity contribution in [2.24, 2.45) is 5.92 Å². The van der Waals surface area contributed by atoms with Gasteiger partial charge in [0.25, 0.3) is 0 Å². The highest BCUT2D eigenvalue weighted by molar-refractivity contribution is 5.72. The Morgan fingerprint density at radius 2 is 2.24 bits per heavy atom. The maximum Gasteiger partial charge on any atom is 0.308 e. The summed E-state index contributed by atoms with van der Waals surface area (Å²) in [7, 11) is 1.40. The first-order chi connectivity index (χ1) is 8.22. The summed E-state index contributed by atoms with van der Waals surface area (Å²) in [5.41, 5.74) is 0. The summed E-state index contributed by atoms with van der Waals surface area (Å²) in [6.07, 6.45) is 2.94. The monoisotopic (exact) mass is 238 g/mol. The molecule has 17 heavy (non-hydrogen) atoms. The van der Waals surface area contributed by atoms with Gasteiger partial charge in [-0.25, -0.2) is 9.37 Å². The molecule has 1 fully saturated rings. The molecule has 4 nitrogen and oxygen atoms in total. The van der Waals surface area contributed by atoms with E-state index in [1.807, 2.05) is 4.90 Å². The second-order valence-corrected chi connectivity index (χ2v) is 4.09. The van der Waals surface area contributed by atoms with Crippen LogP contribution in [0.1, 0.15) is 12.8 Å². The molecule has 0 radical (unpaired) electrons. The van der Waals surface area contributed by atoms with E-state index in [9.17, 15) is 9.18 Å². The van der Waals surface area contributed by atoms with E-state index in [0.717, 1.165) is 0 Å². The smallest absolute Gasteiger partial charge is 0.308 e. The number of halogens is 1. The van der Waals surface area contributed by atoms with Gasteiger partial charge in [0.1, 0.15) is 0 Å². The summed E-state index contributed by atoms with van der Waals surface area (Å²) < 4.78 is 18.2. The number of hydrogen-bond acceptors (Lipinski definition) is 4. The van der Waals surface area contributed by atoms with Gasteiger partial charge < -0.3 is 9.64 Å². The Morgan fingerprint density at radius 1 is 1.53 bits per heavy atom. The number of anilines is 1. The van der Waals surface area contributed by atoms with Crippen molar-refractivity contribution in [3.8, 4) is 0 Å². The molecule has 2 heterocycles. The van der Waals surface area contributed by atoms with Crippen molar-refractivity contribution in [1.82, 2.24) is 4.98 Å². The molecule has 5 heteroatoms. The number of methoxy groups -OCH3 is 1. The van der Waals surface area contributed by atoms with E-state index in [2.05, 4.69) is 4.98 Å². The minimum atomic E-state index is -0.316. The summed E-state index contributed by atoms with van der Waals surface area (Å²) in [4.78, 5) is 17.2. The maximum atomic E-state index is 13.5. The zero-order valence-electron chi connectivity index (χ0n) is 9.73. The number of hydrogen-bond donors (Lipinski definition) is 0. The molecule has 0 aromatic carbocycles. The van der Waals surface area contributed by atoms with E-state index in [1.165, 1.54) is 13.2 Å². The van der Waals surface area contributed by atoms with Gasteiger partial charge in [0, 0.05) is 19.3 Å². The van der Waals surface area contributed by atoms with Gasteiger partial charge in [-0.05, 0) is 25.0 Å². The van der Waals surface area contributed by atoms with Crippen LogP contribution in [-0.4, -0.2) is 31.2 Å². The predicted octanol–water partition coefficient (Wildman–Crippen LogP) is 1.61. The maximum absolute atomic E-state index is 13.5. The van der Waals surface area contributed by atoms with Crippen molar-refractivity contribution in [2.45, 2.75) is 12.8 Å². The fraction of sp³-hybridized carbons (Fsp3) is 0.500. The lowest BCUT2D eigenvalue weighted by Crippen LogP contribution is -2.37. The molecule has 0 spiro atoms. The van der Waals surface area contributed by atoms with Crippen LogP contribution in [-0.2, 0) is 9.53 Å². The van der Waals surface area contributed by atoms with Gasteiger partial charge in [-0.15, -0.1) is 0 Å². The molecule has 92 valence electrons. The zero-order valence-corrected chi connectivity index (χ0v) is 9.73. The van der Waals surface area contributed by atoms with E-state index >= 15 is 0 Å². The number of ether oxygens (including phenoxy) is 1. The number of carbonyl (C=O) groups excluding carboxylic acids is 1. The molecule has 2 rings (SSSR count). The molecule has 0 aliphatic carbocycles. The van der Waals surface area contributed by atoms with Crippen molar-refractivity contribution in [3.63, 3.8) is 0 Å². The molecule has 0 bridgehead atoms. The Morgan fingerprint density at radius 3 is 2.82 bits per heavy atom. The van der Waals surface area contributed by atoms with Crippen molar-refractivity contribution in [1.29, 1.82) is 0 Å². The average Bonchev–Trinajstić information content (AvgIpc) is 2.39.